The number of hydrogen-bond acceptors (Lipinski definition) is 9. The van der Waals surface area contributed by atoms with Gasteiger partial charge in [0.1, 0.15) is 11.5 Å². The van der Waals surface area contributed by atoms with E-state index in [1.807, 2.05) is 30.3 Å². The van der Waals surface area contributed by atoms with Gasteiger partial charge in [-0.1, -0.05) is 24.3 Å². The Balaban J connectivity index is 1.48. The quantitative estimate of drug-likeness (QED) is 0.141. The number of hydrogen-bond donors (Lipinski definition) is 2. The summed E-state index contributed by atoms with van der Waals surface area (Å²) in [6, 6.07) is 17.1. The van der Waals surface area contributed by atoms with Gasteiger partial charge >= 0.3 is 11.9 Å². The maximum Gasteiger partial charge on any atom is 0.338 e. The fourth-order valence-electron chi connectivity index (χ4n) is 3.28. The second-order valence-electron chi connectivity index (χ2n) is 7.55. The molecule has 184 valence electrons. The number of rotatable bonds is 10. The van der Waals surface area contributed by atoms with Gasteiger partial charge in [-0.15, -0.1) is 5.26 Å². The molecule has 36 heavy (non-hydrogen) atoms. The average molecular weight is 488 g/mol. The topological polar surface area (TPSA) is 147 Å². The van der Waals surface area contributed by atoms with Crippen LogP contribution >= 0.6 is 0 Å². The lowest BCUT2D eigenvalue weighted by molar-refractivity contribution is -0.137. The SMILES string of the molecule is COc1cc(-c2ccc(OC#N)cc2)ccc1/C=C/C(=O)OCCCOC(=O)c1cc(N)cc(N)c1. The molecule has 4 N–H and O–H groups in total. The summed E-state index contributed by atoms with van der Waals surface area (Å²) in [6.45, 7) is 0.153. The number of ether oxygens (including phenoxy) is 4. The minimum atomic E-state index is -0.554. The van der Waals surface area contributed by atoms with E-state index < -0.39 is 11.9 Å². The zero-order chi connectivity index (χ0) is 25.9. The summed E-state index contributed by atoms with van der Waals surface area (Å²) in [7, 11) is 1.54. The number of nitrogens with zero attached hydrogens (tertiary/aromatic N) is 1. The highest BCUT2D eigenvalue weighted by Crippen LogP contribution is 2.29. The van der Waals surface area contributed by atoms with Crippen molar-refractivity contribution in [2.75, 3.05) is 31.8 Å². The maximum absolute atomic E-state index is 12.1. The van der Waals surface area contributed by atoms with E-state index in [0.717, 1.165) is 11.1 Å². The summed E-state index contributed by atoms with van der Waals surface area (Å²) in [5, 5.41) is 8.59. The van der Waals surface area contributed by atoms with Gasteiger partial charge < -0.3 is 30.4 Å². The molecule has 9 heteroatoms. The fraction of sp³-hybridized carbons (Fsp3) is 0.148. The molecule has 0 saturated carbocycles. The van der Waals surface area contributed by atoms with E-state index in [2.05, 4.69) is 0 Å². The van der Waals surface area contributed by atoms with Crippen LogP contribution in [0, 0.1) is 11.5 Å². The number of nitriles is 1. The molecule has 0 saturated heterocycles. The molecule has 0 atom stereocenters. The van der Waals surface area contributed by atoms with Crippen molar-refractivity contribution < 1.29 is 28.5 Å². The van der Waals surface area contributed by atoms with Crippen LogP contribution in [0.25, 0.3) is 17.2 Å². The minimum Gasteiger partial charge on any atom is -0.496 e. The Morgan fingerprint density at radius 1 is 0.917 bits per heavy atom. The van der Waals surface area contributed by atoms with E-state index >= 15 is 0 Å². The van der Waals surface area contributed by atoms with Crippen LogP contribution in [0.4, 0.5) is 11.4 Å². The standard InChI is InChI=1S/C27H25N3O6/c1-33-25-15-20(18-5-8-24(9-6-18)36-17-28)4-3-19(25)7-10-26(31)34-11-2-12-35-27(32)21-13-22(29)16-23(30)14-21/h3-10,13-16H,2,11-12,29-30H2,1H3/b10-7+. The molecule has 0 aliphatic rings. The van der Waals surface area contributed by atoms with Gasteiger partial charge in [0.05, 0.1) is 25.9 Å². The number of nitrogen functional groups attached to an aromatic ring is 2. The second kappa shape index (κ2) is 12.5. The molecule has 9 nitrogen and oxygen atoms in total. The van der Waals surface area contributed by atoms with Crippen LogP contribution in [-0.4, -0.2) is 32.3 Å². The van der Waals surface area contributed by atoms with Gasteiger partial charge in [-0.3, -0.25) is 0 Å². The van der Waals surface area contributed by atoms with E-state index in [4.69, 9.17) is 35.7 Å². The molecular weight excluding hydrogens is 462 g/mol. The molecule has 0 radical (unpaired) electrons. The molecular formula is C27H25N3O6. The van der Waals surface area contributed by atoms with E-state index in [0.29, 0.717) is 34.9 Å². The largest absolute Gasteiger partial charge is 0.496 e. The molecule has 0 aliphatic carbocycles. The molecule has 3 aromatic rings. The number of anilines is 2. The normalized spacial score (nSPS) is 10.4. The first-order valence-electron chi connectivity index (χ1n) is 10.9. The summed E-state index contributed by atoms with van der Waals surface area (Å²) in [5.74, 6) is -0.0645. The lowest BCUT2D eigenvalue weighted by atomic mass is 10.0. The number of benzene rings is 3. The van der Waals surface area contributed by atoms with Gasteiger partial charge in [-0.25, -0.2) is 9.59 Å². The summed E-state index contributed by atoms with van der Waals surface area (Å²) in [5.41, 5.74) is 14.8. The third-order valence-corrected chi connectivity index (χ3v) is 4.96. The van der Waals surface area contributed by atoms with Crippen molar-refractivity contribution in [2.45, 2.75) is 6.42 Å². The Morgan fingerprint density at radius 3 is 2.25 bits per heavy atom. The Kier molecular flexibility index (Phi) is 8.89. The van der Waals surface area contributed by atoms with Crippen molar-refractivity contribution in [3.8, 4) is 28.9 Å². The Labute approximate surface area is 208 Å². The van der Waals surface area contributed by atoms with E-state index in [1.54, 1.807) is 30.5 Å². The highest BCUT2D eigenvalue weighted by molar-refractivity contribution is 5.91. The average Bonchev–Trinajstić information content (AvgIpc) is 2.87. The highest BCUT2D eigenvalue weighted by atomic mass is 16.5. The minimum absolute atomic E-state index is 0.0729. The highest BCUT2D eigenvalue weighted by Gasteiger charge is 2.09. The van der Waals surface area contributed by atoms with Gasteiger partial charge in [0, 0.05) is 29.4 Å². The zero-order valence-electron chi connectivity index (χ0n) is 19.6. The van der Waals surface area contributed by atoms with Crippen LogP contribution in [0.3, 0.4) is 0 Å². The van der Waals surface area contributed by atoms with Crippen LogP contribution in [-0.2, 0) is 14.3 Å². The van der Waals surface area contributed by atoms with E-state index in [-0.39, 0.29) is 18.8 Å². The molecule has 0 unspecified atom stereocenters. The lowest BCUT2D eigenvalue weighted by Crippen LogP contribution is -2.10. The van der Waals surface area contributed by atoms with Crippen molar-refractivity contribution in [2.24, 2.45) is 0 Å². The Bertz CT molecular complexity index is 1280. The van der Waals surface area contributed by atoms with E-state index in [9.17, 15) is 9.59 Å². The van der Waals surface area contributed by atoms with Crippen LogP contribution in [0.1, 0.15) is 22.3 Å². The van der Waals surface area contributed by atoms with Crippen LogP contribution in [0.2, 0.25) is 0 Å². The van der Waals surface area contributed by atoms with Gasteiger partial charge in [-0.2, -0.15) is 0 Å². The van der Waals surface area contributed by atoms with Crippen LogP contribution in [0.15, 0.2) is 66.7 Å². The molecule has 3 aromatic carbocycles. The van der Waals surface area contributed by atoms with Crippen LogP contribution in [0.5, 0.6) is 11.5 Å². The smallest absolute Gasteiger partial charge is 0.338 e. The first-order chi connectivity index (χ1) is 17.4. The Morgan fingerprint density at radius 2 is 1.58 bits per heavy atom. The molecule has 0 aliphatic heterocycles. The molecule has 0 aromatic heterocycles. The van der Waals surface area contributed by atoms with Gasteiger partial charge in [-0.05, 0) is 53.6 Å². The number of methoxy groups -OCH3 is 1. The number of carbonyl (C=O) groups excluding carboxylic acids is 2. The molecule has 0 fully saturated rings. The monoisotopic (exact) mass is 487 g/mol. The van der Waals surface area contributed by atoms with Crippen molar-refractivity contribution in [3.05, 3.63) is 77.9 Å². The molecule has 0 amide bonds. The summed E-state index contributed by atoms with van der Waals surface area (Å²) in [4.78, 5) is 24.1. The molecule has 3 rings (SSSR count). The number of esters is 2. The Hall–Kier alpha value is -4.97. The second-order valence-corrected chi connectivity index (χ2v) is 7.55. The summed E-state index contributed by atoms with van der Waals surface area (Å²) in [6.07, 6.45) is 4.86. The lowest BCUT2D eigenvalue weighted by Gasteiger charge is -2.09. The molecule has 0 heterocycles. The van der Waals surface area contributed by atoms with Crippen LogP contribution < -0.4 is 20.9 Å². The number of carbonyl (C=O) groups is 2. The first kappa shape index (κ1) is 25.6. The third-order valence-electron chi connectivity index (χ3n) is 4.96. The number of nitrogens with two attached hydrogens (primary N) is 2. The zero-order valence-corrected chi connectivity index (χ0v) is 19.6. The van der Waals surface area contributed by atoms with Gasteiger partial charge in [0.15, 0.2) is 0 Å². The van der Waals surface area contributed by atoms with Crippen molar-refractivity contribution >= 4 is 29.4 Å². The predicted octanol–water partition coefficient (Wildman–Crippen LogP) is 4.19. The van der Waals surface area contributed by atoms with Crippen molar-refractivity contribution in [1.29, 1.82) is 5.26 Å². The predicted molar refractivity (Wildman–Crippen MR) is 135 cm³/mol. The maximum atomic E-state index is 12.1. The van der Waals surface area contributed by atoms with Crippen molar-refractivity contribution in [3.63, 3.8) is 0 Å². The van der Waals surface area contributed by atoms with Gasteiger partial charge in [0.25, 0.3) is 6.26 Å². The first-order valence-corrected chi connectivity index (χ1v) is 10.9. The fourth-order valence-corrected chi connectivity index (χ4v) is 3.28. The molecule has 0 bridgehead atoms. The molecule has 0 spiro atoms. The van der Waals surface area contributed by atoms with Gasteiger partial charge in [0.2, 0.25) is 0 Å². The summed E-state index contributed by atoms with van der Waals surface area (Å²) >= 11 is 0. The van der Waals surface area contributed by atoms with E-state index in [1.165, 1.54) is 25.3 Å². The van der Waals surface area contributed by atoms with Crippen molar-refractivity contribution in [1.82, 2.24) is 0 Å². The summed E-state index contributed by atoms with van der Waals surface area (Å²) < 4.78 is 20.5. The third kappa shape index (κ3) is 7.27.